The summed E-state index contributed by atoms with van der Waals surface area (Å²) in [4.78, 5) is 25.6. The van der Waals surface area contributed by atoms with E-state index in [1.54, 1.807) is 0 Å². The number of hydrogen-bond donors (Lipinski definition) is 2. The molecule has 0 aromatic heterocycles. The van der Waals surface area contributed by atoms with Crippen LogP contribution in [0.15, 0.2) is 29.2 Å². The molecule has 0 spiro atoms. The molecule has 1 atom stereocenters. The van der Waals surface area contributed by atoms with E-state index in [4.69, 9.17) is 0 Å². The zero-order valence-electron chi connectivity index (χ0n) is 15.6. The van der Waals surface area contributed by atoms with Gasteiger partial charge in [0.15, 0.2) is 0 Å². The van der Waals surface area contributed by atoms with Crippen molar-refractivity contribution in [1.82, 2.24) is 10.6 Å². The minimum atomic E-state index is -0.0323. The first-order valence-corrected chi connectivity index (χ1v) is 10.9. The molecule has 1 unspecified atom stereocenters. The number of carbonyl (C=O) groups excluding carboxylic acids is 2. The van der Waals surface area contributed by atoms with Gasteiger partial charge in [-0.1, -0.05) is 31.4 Å². The molecule has 0 aliphatic heterocycles. The Morgan fingerprint density at radius 2 is 1.85 bits per heavy atom. The smallest absolute Gasteiger partial charge is 0.252 e. The van der Waals surface area contributed by atoms with Crippen LogP contribution in [-0.2, 0) is 4.79 Å². The Balaban J connectivity index is 1.47. The van der Waals surface area contributed by atoms with E-state index < -0.39 is 0 Å². The fourth-order valence-corrected chi connectivity index (χ4v) is 4.50. The fourth-order valence-electron chi connectivity index (χ4n) is 3.62. The minimum Gasteiger partial charge on any atom is -0.355 e. The molecule has 26 heavy (non-hydrogen) atoms. The second-order valence-corrected chi connectivity index (χ2v) is 8.71. The molecule has 2 aliphatic carbocycles. The largest absolute Gasteiger partial charge is 0.355 e. The highest BCUT2D eigenvalue weighted by molar-refractivity contribution is 8.00. The van der Waals surface area contributed by atoms with Crippen molar-refractivity contribution in [3.8, 4) is 0 Å². The van der Waals surface area contributed by atoms with E-state index in [-0.39, 0.29) is 17.9 Å². The Kier molecular flexibility index (Phi) is 7.00. The second kappa shape index (κ2) is 9.45. The van der Waals surface area contributed by atoms with Crippen molar-refractivity contribution < 1.29 is 9.59 Å². The van der Waals surface area contributed by atoms with Gasteiger partial charge in [0.05, 0.1) is 11.3 Å². The van der Waals surface area contributed by atoms with Gasteiger partial charge < -0.3 is 10.6 Å². The summed E-state index contributed by atoms with van der Waals surface area (Å²) in [5.41, 5.74) is 0.671. The van der Waals surface area contributed by atoms with E-state index in [1.807, 2.05) is 24.3 Å². The summed E-state index contributed by atoms with van der Waals surface area (Å²) in [6.45, 7) is 2.87. The van der Waals surface area contributed by atoms with Crippen LogP contribution in [0.25, 0.3) is 0 Å². The molecule has 2 amide bonds. The van der Waals surface area contributed by atoms with Crippen LogP contribution in [0, 0.1) is 11.8 Å². The van der Waals surface area contributed by atoms with Gasteiger partial charge in [-0.3, -0.25) is 9.59 Å². The molecule has 5 heteroatoms. The van der Waals surface area contributed by atoms with Gasteiger partial charge in [0.2, 0.25) is 5.91 Å². The Hall–Kier alpha value is -1.49. The molecule has 142 valence electrons. The van der Waals surface area contributed by atoms with Gasteiger partial charge >= 0.3 is 0 Å². The lowest BCUT2D eigenvalue weighted by atomic mass is 9.89. The van der Waals surface area contributed by atoms with Crippen molar-refractivity contribution in [1.29, 1.82) is 0 Å². The molecule has 2 saturated carbocycles. The monoisotopic (exact) mass is 374 g/mol. The number of rotatable bonds is 8. The molecule has 0 radical (unpaired) electrons. The standard InChI is InChI=1S/C21H30N2O2S/c1-15(17-11-12-17)23-21(25)18-9-5-6-10-19(18)26-14-20(24)22-13-16-7-3-2-4-8-16/h5-6,9-10,15-17H,2-4,7-8,11-14H2,1H3,(H,22,24)(H,23,25). The number of amides is 2. The van der Waals surface area contributed by atoms with E-state index in [9.17, 15) is 9.59 Å². The van der Waals surface area contributed by atoms with Crippen LogP contribution in [0.1, 0.15) is 62.2 Å². The molecule has 0 saturated heterocycles. The molecule has 1 aromatic rings. The van der Waals surface area contributed by atoms with Crippen molar-refractivity contribution in [2.24, 2.45) is 11.8 Å². The Morgan fingerprint density at radius 3 is 2.58 bits per heavy atom. The average molecular weight is 375 g/mol. The van der Waals surface area contributed by atoms with Crippen molar-refractivity contribution >= 4 is 23.6 Å². The number of nitrogens with one attached hydrogen (secondary N) is 2. The van der Waals surface area contributed by atoms with E-state index >= 15 is 0 Å². The third-order valence-electron chi connectivity index (χ3n) is 5.49. The molecule has 2 N–H and O–H groups in total. The highest BCUT2D eigenvalue weighted by Gasteiger charge is 2.29. The number of hydrogen-bond acceptors (Lipinski definition) is 3. The highest BCUT2D eigenvalue weighted by Crippen LogP contribution is 2.32. The van der Waals surface area contributed by atoms with Crippen molar-refractivity contribution in [3.63, 3.8) is 0 Å². The molecule has 2 aliphatic rings. The lowest BCUT2D eigenvalue weighted by molar-refractivity contribution is -0.118. The van der Waals surface area contributed by atoms with Crippen molar-refractivity contribution in [3.05, 3.63) is 29.8 Å². The van der Waals surface area contributed by atoms with Crippen LogP contribution in [0.4, 0.5) is 0 Å². The Bertz CT molecular complexity index is 624. The predicted octanol–water partition coefficient (Wildman–Crippen LogP) is 4.00. The number of benzene rings is 1. The summed E-state index contributed by atoms with van der Waals surface area (Å²) in [6.07, 6.45) is 8.79. The number of thioether (sulfide) groups is 1. The van der Waals surface area contributed by atoms with Crippen LogP contribution in [-0.4, -0.2) is 30.2 Å². The first kappa shape index (κ1) is 19.3. The molecule has 4 nitrogen and oxygen atoms in total. The van der Waals surface area contributed by atoms with Gasteiger partial charge in [0.25, 0.3) is 5.91 Å². The van der Waals surface area contributed by atoms with Gasteiger partial charge in [-0.2, -0.15) is 0 Å². The maximum atomic E-state index is 12.6. The Morgan fingerprint density at radius 1 is 1.12 bits per heavy atom. The zero-order chi connectivity index (χ0) is 18.4. The molecule has 0 bridgehead atoms. The summed E-state index contributed by atoms with van der Waals surface area (Å²) in [6, 6.07) is 7.79. The predicted molar refractivity (Wildman–Crippen MR) is 106 cm³/mol. The molecule has 0 heterocycles. The maximum Gasteiger partial charge on any atom is 0.252 e. The normalized spacial score (nSPS) is 19.0. The summed E-state index contributed by atoms with van der Waals surface area (Å²) < 4.78 is 0. The first-order chi connectivity index (χ1) is 12.6. The van der Waals surface area contributed by atoms with Crippen LogP contribution >= 0.6 is 11.8 Å². The molecular formula is C21H30N2O2S. The molecule has 2 fully saturated rings. The summed E-state index contributed by atoms with van der Waals surface area (Å²) in [7, 11) is 0. The van der Waals surface area contributed by atoms with Crippen LogP contribution < -0.4 is 10.6 Å². The zero-order valence-corrected chi connectivity index (χ0v) is 16.4. The van der Waals surface area contributed by atoms with Gasteiger partial charge in [-0.05, 0) is 56.6 Å². The fraction of sp³-hybridized carbons (Fsp3) is 0.619. The quantitative estimate of drug-likeness (QED) is 0.676. The van der Waals surface area contributed by atoms with E-state index in [0.29, 0.717) is 23.2 Å². The average Bonchev–Trinajstić information content (AvgIpc) is 3.51. The third kappa shape index (κ3) is 5.76. The Labute approximate surface area is 160 Å². The van der Waals surface area contributed by atoms with Crippen molar-refractivity contribution in [2.75, 3.05) is 12.3 Å². The summed E-state index contributed by atoms with van der Waals surface area (Å²) in [5, 5.41) is 6.17. The van der Waals surface area contributed by atoms with Crippen LogP contribution in [0.2, 0.25) is 0 Å². The van der Waals surface area contributed by atoms with Gasteiger partial charge in [0, 0.05) is 17.5 Å². The first-order valence-electron chi connectivity index (χ1n) is 9.93. The molecule has 3 rings (SSSR count). The topological polar surface area (TPSA) is 58.2 Å². The number of carbonyl (C=O) groups is 2. The third-order valence-corrected chi connectivity index (χ3v) is 6.56. The van der Waals surface area contributed by atoms with Gasteiger partial charge in [-0.25, -0.2) is 0 Å². The van der Waals surface area contributed by atoms with E-state index in [1.165, 1.54) is 56.7 Å². The second-order valence-electron chi connectivity index (χ2n) is 7.69. The van der Waals surface area contributed by atoms with Crippen molar-refractivity contribution in [2.45, 2.75) is 62.8 Å². The van der Waals surface area contributed by atoms with Crippen LogP contribution in [0.3, 0.4) is 0 Å². The van der Waals surface area contributed by atoms with E-state index in [2.05, 4.69) is 17.6 Å². The minimum absolute atomic E-state index is 0.0323. The summed E-state index contributed by atoms with van der Waals surface area (Å²) in [5.74, 6) is 1.65. The SMILES string of the molecule is CC(NC(=O)c1ccccc1SCC(=O)NCC1CCCCC1)C1CC1. The molecular weight excluding hydrogens is 344 g/mol. The molecule has 1 aromatic carbocycles. The van der Waals surface area contributed by atoms with Gasteiger partial charge in [-0.15, -0.1) is 11.8 Å². The highest BCUT2D eigenvalue weighted by atomic mass is 32.2. The van der Waals surface area contributed by atoms with Crippen LogP contribution in [0.5, 0.6) is 0 Å². The lowest BCUT2D eigenvalue weighted by Gasteiger charge is -2.21. The maximum absolute atomic E-state index is 12.6. The van der Waals surface area contributed by atoms with Gasteiger partial charge in [0.1, 0.15) is 0 Å². The summed E-state index contributed by atoms with van der Waals surface area (Å²) >= 11 is 1.45. The lowest BCUT2D eigenvalue weighted by Crippen LogP contribution is -2.34. The van der Waals surface area contributed by atoms with E-state index in [0.717, 1.165) is 11.4 Å².